The predicted molar refractivity (Wildman–Crippen MR) is 98.2 cm³/mol. The lowest BCUT2D eigenvalue weighted by atomic mass is 10.2. The Balaban J connectivity index is 2.27. The van der Waals surface area contributed by atoms with Crippen LogP contribution < -0.4 is 0 Å². The third-order valence-corrected chi connectivity index (χ3v) is 5.20. The molecule has 0 aromatic heterocycles. The summed E-state index contributed by atoms with van der Waals surface area (Å²) in [5.41, 5.74) is 1.97. The average molecular weight is 353 g/mol. The topological polar surface area (TPSA) is 15.6 Å². The molecule has 0 bridgehead atoms. The molecule has 0 saturated heterocycles. The minimum absolute atomic E-state index is 0.682. The van der Waals surface area contributed by atoms with Crippen molar-refractivity contribution < 1.29 is 0 Å². The number of hydrogen-bond acceptors (Lipinski definition) is 2. The van der Waals surface area contributed by atoms with Gasteiger partial charge in [0.1, 0.15) is 0 Å². The van der Waals surface area contributed by atoms with Crippen LogP contribution in [0.1, 0.15) is 12.5 Å². The van der Waals surface area contributed by atoms with E-state index in [0.29, 0.717) is 5.02 Å². The van der Waals surface area contributed by atoms with Crippen molar-refractivity contribution >= 4 is 47.0 Å². The lowest BCUT2D eigenvalue weighted by molar-refractivity contribution is 0.552. The van der Waals surface area contributed by atoms with Gasteiger partial charge < -0.3 is 4.90 Å². The van der Waals surface area contributed by atoms with Crippen LogP contribution in [0.2, 0.25) is 10.0 Å². The molecule has 0 aliphatic rings. The van der Waals surface area contributed by atoms with Crippen molar-refractivity contribution in [2.45, 2.75) is 23.6 Å². The van der Waals surface area contributed by atoms with Gasteiger partial charge in [-0.1, -0.05) is 47.1 Å². The van der Waals surface area contributed by atoms with Gasteiger partial charge in [-0.2, -0.15) is 0 Å². The molecule has 0 atom stereocenters. The standard InChI is InChI=1S/C17H18Cl2N2S/c1-4-21(3)11-20-15-10-14(19)17(9-12(15)2)22-16-8-6-5-7-13(16)18/h5-11H,4H2,1-3H3. The molecule has 0 amide bonds. The Kier molecular flexibility index (Phi) is 6.18. The van der Waals surface area contributed by atoms with Gasteiger partial charge in [0.15, 0.2) is 0 Å². The molecule has 0 spiro atoms. The third-order valence-electron chi connectivity index (χ3n) is 3.20. The van der Waals surface area contributed by atoms with Gasteiger partial charge in [-0.3, -0.25) is 0 Å². The van der Waals surface area contributed by atoms with E-state index in [9.17, 15) is 0 Å². The Labute approximate surface area is 146 Å². The lowest BCUT2D eigenvalue weighted by Gasteiger charge is -2.11. The monoisotopic (exact) mass is 352 g/mol. The summed E-state index contributed by atoms with van der Waals surface area (Å²) in [7, 11) is 1.99. The first-order valence-corrected chi connectivity index (χ1v) is 8.55. The fraction of sp³-hybridized carbons (Fsp3) is 0.235. The highest BCUT2D eigenvalue weighted by atomic mass is 35.5. The SMILES string of the molecule is CCN(C)C=Nc1cc(Cl)c(Sc2ccccc2Cl)cc1C. The van der Waals surface area contributed by atoms with E-state index in [2.05, 4.69) is 18.0 Å². The number of benzene rings is 2. The minimum Gasteiger partial charge on any atom is -0.366 e. The largest absolute Gasteiger partial charge is 0.366 e. The van der Waals surface area contributed by atoms with Crippen LogP contribution in [0.4, 0.5) is 5.69 Å². The number of aryl methyl sites for hydroxylation is 1. The Hall–Kier alpha value is -1.16. The highest BCUT2D eigenvalue weighted by Crippen LogP contribution is 2.39. The van der Waals surface area contributed by atoms with Gasteiger partial charge in [-0.25, -0.2) is 4.99 Å². The number of aliphatic imine (C=N–C) groups is 1. The van der Waals surface area contributed by atoms with Gasteiger partial charge in [0.25, 0.3) is 0 Å². The van der Waals surface area contributed by atoms with Gasteiger partial charge in [-0.15, -0.1) is 0 Å². The molecule has 0 unspecified atom stereocenters. The molecule has 0 radical (unpaired) electrons. The van der Waals surface area contributed by atoms with Crippen LogP contribution in [-0.4, -0.2) is 24.8 Å². The molecule has 2 rings (SSSR count). The van der Waals surface area contributed by atoms with E-state index < -0.39 is 0 Å². The van der Waals surface area contributed by atoms with Crippen molar-refractivity contribution in [1.29, 1.82) is 0 Å². The molecule has 0 aliphatic heterocycles. The van der Waals surface area contributed by atoms with Crippen LogP contribution in [0.5, 0.6) is 0 Å². The summed E-state index contributed by atoms with van der Waals surface area (Å²) in [6, 6.07) is 11.7. The summed E-state index contributed by atoms with van der Waals surface area (Å²) in [6.45, 7) is 5.03. The maximum Gasteiger partial charge on any atom is 0.0909 e. The second-order valence-electron chi connectivity index (χ2n) is 4.92. The van der Waals surface area contributed by atoms with E-state index in [-0.39, 0.29) is 0 Å². The quantitative estimate of drug-likeness (QED) is 0.479. The molecule has 0 heterocycles. The summed E-state index contributed by atoms with van der Waals surface area (Å²) < 4.78 is 0. The molecule has 116 valence electrons. The van der Waals surface area contributed by atoms with Crippen LogP contribution in [0.15, 0.2) is 51.2 Å². The van der Waals surface area contributed by atoms with Crippen molar-refractivity contribution in [1.82, 2.24) is 4.90 Å². The van der Waals surface area contributed by atoms with Crippen molar-refractivity contribution in [2.24, 2.45) is 4.99 Å². The second kappa shape index (κ2) is 7.91. The second-order valence-corrected chi connectivity index (χ2v) is 6.82. The van der Waals surface area contributed by atoms with E-state index in [1.54, 1.807) is 11.8 Å². The van der Waals surface area contributed by atoms with E-state index in [4.69, 9.17) is 23.2 Å². The van der Waals surface area contributed by atoms with E-state index in [1.807, 2.05) is 55.5 Å². The Morgan fingerprint density at radius 3 is 2.55 bits per heavy atom. The molecular weight excluding hydrogens is 335 g/mol. The smallest absolute Gasteiger partial charge is 0.0909 e. The molecule has 2 aromatic rings. The summed E-state index contributed by atoms with van der Waals surface area (Å²) in [6.07, 6.45) is 1.82. The fourth-order valence-corrected chi connectivity index (χ4v) is 3.22. The van der Waals surface area contributed by atoms with E-state index in [1.165, 1.54) is 0 Å². The summed E-state index contributed by atoms with van der Waals surface area (Å²) >= 11 is 14.2. The lowest BCUT2D eigenvalue weighted by Crippen LogP contribution is -2.14. The number of rotatable bonds is 5. The zero-order valence-electron chi connectivity index (χ0n) is 12.8. The zero-order valence-corrected chi connectivity index (χ0v) is 15.1. The third kappa shape index (κ3) is 4.42. The van der Waals surface area contributed by atoms with Gasteiger partial charge >= 0.3 is 0 Å². The summed E-state index contributed by atoms with van der Waals surface area (Å²) in [5.74, 6) is 0. The first-order valence-electron chi connectivity index (χ1n) is 6.98. The van der Waals surface area contributed by atoms with Crippen molar-refractivity contribution in [2.75, 3.05) is 13.6 Å². The molecule has 0 aliphatic carbocycles. The highest BCUT2D eigenvalue weighted by molar-refractivity contribution is 7.99. The van der Waals surface area contributed by atoms with Gasteiger partial charge in [0.05, 0.1) is 22.1 Å². The maximum atomic E-state index is 6.40. The predicted octanol–water partition coefficient (Wildman–Crippen LogP) is 6.06. The molecule has 22 heavy (non-hydrogen) atoms. The molecule has 2 aromatic carbocycles. The van der Waals surface area contributed by atoms with Gasteiger partial charge in [-0.05, 0) is 43.7 Å². The van der Waals surface area contributed by atoms with Crippen LogP contribution in [0.25, 0.3) is 0 Å². The van der Waals surface area contributed by atoms with Crippen LogP contribution >= 0.6 is 35.0 Å². The summed E-state index contributed by atoms with van der Waals surface area (Å²) in [5, 5.41) is 1.41. The van der Waals surface area contributed by atoms with E-state index >= 15 is 0 Å². The van der Waals surface area contributed by atoms with Gasteiger partial charge in [0.2, 0.25) is 0 Å². The Morgan fingerprint density at radius 2 is 1.86 bits per heavy atom. The van der Waals surface area contributed by atoms with Crippen molar-refractivity contribution in [3.05, 3.63) is 52.0 Å². The Morgan fingerprint density at radius 1 is 1.14 bits per heavy atom. The first kappa shape index (κ1) is 17.2. The number of nitrogens with zero attached hydrogens (tertiary/aromatic N) is 2. The molecule has 2 nitrogen and oxygen atoms in total. The molecule has 0 fully saturated rings. The molecule has 5 heteroatoms. The highest BCUT2D eigenvalue weighted by Gasteiger charge is 2.09. The maximum absolute atomic E-state index is 6.40. The van der Waals surface area contributed by atoms with Crippen LogP contribution in [0.3, 0.4) is 0 Å². The minimum atomic E-state index is 0.682. The molecule has 0 saturated carbocycles. The Bertz CT molecular complexity index is 686. The van der Waals surface area contributed by atoms with Gasteiger partial charge in [0, 0.05) is 23.4 Å². The van der Waals surface area contributed by atoms with Crippen molar-refractivity contribution in [3.63, 3.8) is 0 Å². The summed E-state index contributed by atoms with van der Waals surface area (Å²) in [4.78, 5) is 8.47. The normalized spacial score (nSPS) is 11.1. The van der Waals surface area contributed by atoms with Crippen molar-refractivity contribution in [3.8, 4) is 0 Å². The van der Waals surface area contributed by atoms with E-state index in [0.717, 1.165) is 32.6 Å². The zero-order chi connectivity index (χ0) is 16.1. The average Bonchev–Trinajstić information content (AvgIpc) is 2.51. The number of halogens is 2. The number of hydrogen-bond donors (Lipinski definition) is 0. The molecule has 0 N–H and O–H groups in total. The first-order chi connectivity index (χ1) is 10.5. The van der Waals surface area contributed by atoms with Crippen LogP contribution in [0, 0.1) is 6.92 Å². The van der Waals surface area contributed by atoms with Crippen LogP contribution in [-0.2, 0) is 0 Å². The molecular formula is C17H18Cl2N2S. The fourth-order valence-electron chi connectivity index (χ4n) is 1.75.